The van der Waals surface area contributed by atoms with Crippen molar-refractivity contribution < 1.29 is 8.42 Å². The smallest absolute Gasteiger partial charge is 0.238 e. The average Bonchev–Trinajstić information content (AvgIpc) is 2.55. The summed E-state index contributed by atoms with van der Waals surface area (Å²) in [5, 5.41) is 5.22. The second-order valence-electron chi connectivity index (χ2n) is 6.86. The van der Waals surface area contributed by atoms with Gasteiger partial charge in [0.25, 0.3) is 0 Å². The van der Waals surface area contributed by atoms with Crippen LogP contribution in [0.1, 0.15) is 69.4 Å². The highest BCUT2D eigenvalue weighted by Gasteiger charge is 2.17. The van der Waals surface area contributed by atoms with Gasteiger partial charge in [-0.1, -0.05) is 57.6 Å². The van der Waals surface area contributed by atoms with E-state index in [-0.39, 0.29) is 16.3 Å². The van der Waals surface area contributed by atoms with Gasteiger partial charge in [0.2, 0.25) is 10.0 Å². The van der Waals surface area contributed by atoms with Crippen LogP contribution >= 0.6 is 11.6 Å². The van der Waals surface area contributed by atoms with Crippen molar-refractivity contribution >= 4 is 21.6 Å². The molecule has 0 aliphatic rings. The normalized spacial score (nSPS) is 14.4. The highest BCUT2D eigenvalue weighted by atomic mass is 35.5. The largest absolute Gasteiger partial charge is 0.326 e. The van der Waals surface area contributed by atoms with Gasteiger partial charge in [-0.2, -0.15) is 0 Å². The number of halogens is 1. The Bertz CT molecular complexity index is 620. The Labute approximate surface area is 158 Å². The molecule has 0 fully saturated rings. The molecular weight excluding hydrogens is 356 g/mol. The summed E-state index contributed by atoms with van der Waals surface area (Å²) in [6, 6.07) is 5.10. The van der Waals surface area contributed by atoms with E-state index >= 15 is 0 Å². The number of rotatable bonds is 12. The Kier molecular flexibility index (Phi) is 10.0. The van der Waals surface area contributed by atoms with Crippen LogP contribution in [0.2, 0.25) is 0 Å². The second kappa shape index (κ2) is 11.2. The fraction of sp³-hybridized carbons (Fsp3) is 0.684. The Balaban J connectivity index is 2.44. The zero-order valence-electron chi connectivity index (χ0n) is 15.5. The molecule has 0 saturated carbocycles. The molecule has 4 nitrogen and oxygen atoms in total. The first-order chi connectivity index (χ1) is 11.8. The van der Waals surface area contributed by atoms with Crippen molar-refractivity contribution in [1.29, 1.82) is 0 Å². The lowest BCUT2D eigenvalue weighted by Gasteiger charge is -2.19. The quantitative estimate of drug-likeness (QED) is 0.414. The number of primary sulfonamides is 1. The molecule has 4 N–H and O–H groups in total. The molecule has 144 valence electrons. The minimum atomic E-state index is -3.69. The maximum absolute atomic E-state index is 11.6. The van der Waals surface area contributed by atoms with E-state index in [1.54, 1.807) is 13.0 Å². The molecule has 0 saturated heterocycles. The van der Waals surface area contributed by atoms with Gasteiger partial charge in [-0.25, -0.2) is 13.6 Å². The Hall–Kier alpha value is -0.620. The van der Waals surface area contributed by atoms with Gasteiger partial charge in [-0.15, -0.1) is 11.6 Å². The molecule has 1 rings (SSSR count). The van der Waals surface area contributed by atoms with Crippen molar-refractivity contribution in [1.82, 2.24) is 0 Å². The summed E-state index contributed by atoms with van der Waals surface area (Å²) in [4.78, 5) is 0.188. The molecule has 0 aliphatic carbocycles. The summed E-state index contributed by atoms with van der Waals surface area (Å²) in [7, 11) is -3.69. The highest BCUT2D eigenvalue weighted by Crippen LogP contribution is 2.21. The minimum Gasteiger partial charge on any atom is -0.326 e. The van der Waals surface area contributed by atoms with Crippen molar-refractivity contribution in [2.24, 2.45) is 10.9 Å². The molecule has 0 heterocycles. The lowest BCUT2D eigenvalue weighted by Crippen LogP contribution is -2.31. The first-order valence-corrected chi connectivity index (χ1v) is 11.3. The highest BCUT2D eigenvalue weighted by molar-refractivity contribution is 7.89. The lowest BCUT2D eigenvalue weighted by molar-refractivity contribution is 0.516. The number of nitrogens with two attached hydrogens (primary N) is 2. The average molecular weight is 389 g/mol. The number of benzene rings is 1. The maximum Gasteiger partial charge on any atom is 0.238 e. The first kappa shape index (κ1) is 22.4. The number of alkyl halides is 1. The zero-order valence-corrected chi connectivity index (χ0v) is 17.1. The van der Waals surface area contributed by atoms with Gasteiger partial charge >= 0.3 is 0 Å². The molecule has 0 radical (unpaired) electrons. The predicted octanol–water partition coefficient (Wildman–Crippen LogP) is 4.26. The molecule has 0 amide bonds. The monoisotopic (exact) mass is 388 g/mol. The van der Waals surface area contributed by atoms with E-state index < -0.39 is 10.0 Å². The SMILES string of the molecule is CCCCCCCCC(Cl)C(N)CCc1cccc(S(N)(=O)=O)c1C. The van der Waals surface area contributed by atoms with Gasteiger partial charge < -0.3 is 5.73 Å². The van der Waals surface area contributed by atoms with Gasteiger partial charge in [0.1, 0.15) is 0 Å². The zero-order chi connectivity index (χ0) is 18.9. The van der Waals surface area contributed by atoms with Crippen molar-refractivity contribution in [3.8, 4) is 0 Å². The van der Waals surface area contributed by atoms with Gasteiger partial charge in [0.15, 0.2) is 0 Å². The van der Waals surface area contributed by atoms with Crippen LogP contribution in [0.25, 0.3) is 0 Å². The van der Waals surface area contributed by atoms with Crippen LogP contribution < -0.4 is 10.9 Å². The maximum atomic E-state index is 11.6. The van der Waals surface area contributed by atoms with Crippen LogP contribution in [-0.2, 0) is 16.4 Å². The third kappa shape index (κ3) is 8.07. The van der Waals surface area contributed by atoms with Crippen molar-refractivity contribution in [3.05, 3.63) is 29.3 Å². The standard InChI is InChI=1S/C19H33ClN2O2S/c1-3-4-5-6-7-8-11-17(20)18(21)14-13-16-10-9-12-19(15(16)2)25(22,23)24/h9-10,12,17-18H,3-8,11,13-14,21H2,1-2H3,(H2,22,23,24). The molecule has 1 aromatic carbocycles. The molecule has 0 bridgehead atoms. The lowest BCUT2D eigenvalue weighted by atomic mass is 9.97. The van der Waals surface area contributed by atoms with Crippen LogP contribution in [0.4, 0.5) is 0 Å². The Morgan fingerprint density at radius 2 is 1.72 bits per heavy atom. The molecule has 0 aromatic heterocycles. The van der Waals surface area contributed by atoms with Gasteiger partial charge in [0.05, 0.1) is 4.90 Å². The molecule has 0 aliphatic heterocycles. The number of unbranched alkanes of at least 4 members (excludes halogenated alkanes) is 5. The summed E-state index contributed by atoms with van der Waals surface area (Å²) in [6.07, 6.45) is 9.84. The topological polar surface area (TPSA) is 86.2 Å². The molecule has 2 atom stereocenters. The fourth-order valence-corrected chi connectivity index (χ4v) is 4.18. The molecule has 2 unspecified atom stereocenters. The van der Waals surface area contributed by atoms with Gasteiger partial charge in [-0.3, -0.25) is 0 Å². The molecule has 1 aromatic rings. The molecule has 0 spiro atoms. The van der Waals surface area contributed by atoms with E-state index in [0.717, 1.165) is 24.8 Å². The number of aryl methyl sites for hydroxylation is 1. The van der Waals surface area contributed by atoms with E-state index in [2.05, 4.69) is 6.92 Å². The van der Waals surface area contributed by atoms with Crippen LogP contribution in [-0.4, -0.2) is 19.8 Å². The summed E-state index contributed by atoms with van der Waals surface area (Å²) in [5.41, 5.74) is 7.90. The van der Waals surface area contributed by atoms with E-state index in [9.17, 15) is 8.42 Å². The van der Waals surface area contributed by atoms with Crippen molar-refractivity contribution in [3.63, 3.8) is 0 Å². The second-order valence-corrected chi connectivity index (χ2v) is 8.95. The third-order valence-corrected chi connectivity index (χ3v) is 6.35. The number of hydrogen-bond donors (Lipinski definition) is 2. The molecule has 25 heavy (non-hydrogen) atoms. The molecule has 6 heteroatoms. The predicted molar refractivity (Wildman–Crippen MR) is 106 cm³/mol. The molecular formula is C19H33ClN2O2S. The van der Waals surface area contributed by atoms with E-state index in [4.69, 9.17) is 22.5 Å². The van der Waals surface area contributed by atoms with E-state index in [0.29, 0.717) is 12.0 Å². The van der Waals surface area contributed by atoms with Crippen molar-refractivity contribution in [2.75, 3.05) is 0 Å². The van der Waals surface area contributed by atoms with Crippen LogP contribution in [0.5, 0.6) is 0 Å². The van der Waals surface area contributed by atoms with Crippen LogP contribution in [0.15, 0.2) is 23.1 Å². The fourth-order valence-electron chi connectivity index (χ4n) is 3.08. The van der Waals surface area contributed by atoms with Gasteiger partial charge in [-0.05, 0) is 43.4 Å². The Morgan fingerprint density at radius 3 is 2.36 bits per heavy atom. The van der Waals surface area contributed by atoms with E-state index in [1.807, 2.05) is 6.07 Å². The third-order valence-electron chi connectivity index (χ3n) is 4.75. The summed E-state index contributed by atoms with van der Waals surface area (Å²) >= 11 is 6.44. The van der Waals surface area contributed by atoms with E-state index in [1.165, 1.54) is 38.2 Å². The Morgan fingerprint density at radius 1 is 1.08 bits per heavy atom. The minimum absolute atomic E-state index is 0.0343. The summed E-state index contributed by atoms with van der Waals surface area (Å²) in [5.74, 6) is 0. The summed E-state index contributed by atoms with van der Waals surface area (Å²) in [6.45, 7) is 4.00. The van der Waals surface area contributed by atoms with Gasteiger partial charge in [0, 0.05) is 11.4 Å². The van der Waals surface area contributed by atoms with Crippen LogP contribution in [0, 0.1) is 6.92 Å². The first-order valence-electron chi connectivity index (χ1n) is 9.28. The summed E-state index contributed by atoms with van der Waals surface area (Å²) < 4.78 is 23.2. The number of sulfonamides is 1. The van der Waals surface area contributed by atoms with Crippen molar-refractivity contribution in [2.45, 2.75) is 87.9 Å². The van der Waals surface area contributed by atoms with Crippen LogP contribution in [0.3, 0.4) is 0 Å². The number of hydrogen-bond acceptors (Lipinski definition) is 3.